The molecule has 13 heteroatoms. The largest absolute Gasteiger partial charge is 0.451 e. The van der Waals surface area contributed by atoms with Crippen molar-refractivity contribution in [3.05, 3.63) is 30.1 Å². The average Bonchev–Trinajstić information content (AvgIpc) is 3.04. The number of nitrogens with zero attached hydrogens (tertiary/aromatic N) is 2. The van der Waals surface area contributed by atoms with Crippen LogP contribution in [0, 0.1) is 5.92 Å². The Kier molecular flexibility index (Phi) is 4.53. The molecule has 1 aromatic heterocycles. The van der Waals surface area contributed by atoms with Crippen molar-refractivity contribution in [2.75, 3.05) is 5.32 Å². The first-order valence-electron chi connectivity index (χ1n) is 7.35. The smallest absolute Gasteiger partial charge is 0.372 e. The highest BCUT2D eigenvalue weighted by molar-refractivity contribution is 6.12. The number of imide groups is 1. The number of aliphatic hydroxyl groups is 1. The molecule has 0 spiro atoms. The fourth-order valence-corrected chi connectivity index (χ4v) is 2.29. The zero-order valence-corrected chi connectivity index (χ0v) is 13.2. The van der Waals surface area contributed by atoms with E-state index in [1.54, 1.807) is 5.10 Å². The Morgan fingerprint density at radius 2 is 1.85 bits per heavy atom. The van der Waals surface area contributed by atoms with E-state index in [4.69, 9.17) is 0 Å². The summed E-state index contributed by atoms with van der Waals surface area (Å²) in [6.45, 7) is 0. The van der Waals surface area contributed by atoms with Gasteiger partial charge in [-0.1, -0.05) is 0 Å². The van der Waals surface area contributed by atoms with E-state index >= 15 is 0 Å². The van der Waals surface area contributed by atoms with Gasteiger partial charge in [0.15, 0.2) is 11.7 Å². The Hall–Kier alpha value is -3.48. The Morgan fingerprint density at radius 1 is 1.19 bits per heavy atom. The molecule has 2 heterocycles. The van der Waals surface area contributed by atoms with Crippen LogP contribution in [-0.2, 0) is 15.8 Å². The first-order chi connectivity index (χ1) is 12.6. The normalized spacial score (nSPS) is 20.0. The van der Waals surface area contributed by atoms with Crippen molar-refractivity contribution in [3.8, 4) is 11.4 Å². The van der Waals surface area contributed by atoms with Crippen LogP contribution in [-0.4, -0.2) is 44.4 Å². The number of aromatic nitrogens is 3. The number of benzene rings is 1. The van der Waals surface area contributed by atoms with E-state index in [0.29, 0.717) is 0 Å². The maximum Gasteiger partial charge on any atom is 0.451 e. The minimum atomic E-state index is -4.66. The SMILES string of the molecule is O=C1NC(=O)C(C(=O)Nc2ccc(-c3n[nH]c(C(F)(F)F)n3)cc2)C(O)N1. The van der Waals surface area contributed by atoms with Crippen LogP contribution >= 0.6 is 0 Å². The zero-order valence-electron chi connectivity index (χ0n) is 13.2. The lowest BCUT2D eigenvalue weighted by Crippen LogP contribution is -2.61. The van der Waals surface area contributed by atoms with E-state index < -0.39 is 42.0 Å². The highest BCUT2D eigenvalue weighted by atomic mass is 19.4. The van der Waals surface area contributed by atoms with Crippen molar-refractivity contribution in [1.29, 1.82) is 0 Å². The van der Waals surface area contributed by atoms with E-state index in [9.17, 15) is 32.7 Å². The molecule has 3 rings (SSSR count). The maximum absolute atomic E-state index is 12.5. The molecule has 2 atom stereocenters. The van der Waals surface area contributed by atoms with Gasteiger partial charge in [-0.2, -0.15) is 18.3 Å². The predicted octanol–water partition coefficient (Wildman–Crippen LogP) is 0.203. The van der Waals surface area contributed by atoms with Gasteiger partial charge >= 0.3 is 12.2 Å². The Morgan fingerprint density at radius 3 is 2.41 bits per heavy atom. The zero-order chi connectivity index (χ0) is 19.8. The number of aliphatic hydroxyl groups excluding tert-OH is 1. The minimum absolute atomic E-state index is 0.190. The molecule has 27 heavy (non-hydrogen) atoms. The molecule has 1 aliphatic heterocycles. The Bertz CT molecular complexity index is 895. The number of alkyl halides is 3. The number of anilines is 1. The van der Waals surface area contributed by atoms with Crippen LogP contribution in [0.15, 0.2) is 24.3 Å². The molecular formula is C14H11F3N6O4. The number of hydrogen-bond donors (Lipinski definition) is 5. The average molecular weight is 384 g/mol. The van der Waals surface area contributed by atoms with Gasteiger partial charge < -0.3 is 15.7 Å². The number of H-pyrrole nitrogens is 1. The summed E-state index contributed by atoms with van der Waals surface area (Å²) in [5, 5.41) is 21.1. The second kappa shape index (κ2) is 6.68. The van der Waals surface area contributed by atoms with Crippen LogP contribution in [0.2, 0.25) is 0 Å². The van der Waals surface area contributed by atoms with Crippen molar-refractivity contribution in [2.45, 2.75) is 12.4 Å². The standard InChI is InChI=1S/C14H11F3N6O4/c15-14(16,17)12-19-8(22-23-12)5-1-3-6(4-2-5)18-9(24)7-10(25)20-13(27)21-11(7)26/h1-4,7,10,25H,(H,18,24)(H,19,22,23)(H2,20,21,26,27). The predicted molar refractivity (Wildman–Crippen MR) is 81.6 cm³/mol. The summed E-state index contributed by atoms with van der Waals surface area (Å²) in [5.74, 6) is -4.85. The molecule has 142 valence electrons. The minimum Gasteiger partial charge on any atom is -0.372 e. The van der Waals surface area contributed by atoms with Gasteiger partial charge in [0, 0.05) is 11.3 Å². The number of hydrogen-bond acceptors (Lipinski definition) is 6. The summed E-state index contributed by atoms with van der Waals surface area (Å²) in [7, 11) is 0. The number of urea groups is 1. The fourth-order valence-electron chi connectivity index (χ4n) is 2.29. The summed E-state index contributed by atoms with van der Waals surface area (Å²) >= 11 is 0. The Labute approximate surface area is 148 Å². The third-order valence-corrected chi connectivity index (χ3v) is 3.56. The second-order valence-electron chi connectivity index (χ2n) is 5.46. The topological polar surface area (TPSA) is 149 Å². The van der Waals surface area contributed by atoms with Gasteiger partial charge in [0.2, 0.25) is 17.6 Å². The summed E-state index contributed by atoms with van der Waals surface area (Å²) in [4.78, 5) is 38.2. The lowest BCUT2D eigenvalue weighted by atomic mass is 10.0. The highest BCUT2D eigenvalue weighted by Gasteiger charge is 2.39. The Balaban J connectivity index is 1.70. The summed E-state index contributed by atoms with van der Waals surface area (Å²) in [6, 6.07) is 4.49. The molecule has 0 saturated carbocycles. The van der Waals surface area contributed by atoms with E-state index in [1.807, 2.05) is 10.6 Å². The molecule has 2 unspecified atom stereocenters. The van der Waals surface area contributed by atoms with Crippen LogP contribution in [0.1, 0.15) is 5.82 Å². The molecule has 0 aliphatic carbocycles. The van der Waals surface area contributed by atoms with Gasteiger partial charge in [0.25, 0.3) is 0 Å². The molecule has 4 amide bonds. The number of halogens is 3. The summed E-state index contributed by atoms with van der Waals surface area (Å²) in [6.07, 6.45) is -6.35. The maximum atomic E-state index is 12.5. The van der Waals surface area contributed by atoms with Crippen LogP contribution in [0.4, 0.5) is 23.7 Å². The van der Waals surface area contributed by atoms with Crippen molar-refractivity contribution in [1.82, 2.24) is 25.8 Å². The third-order valence-electron chi connectivity index (χ3n) is 3.56. The fraction of sp³-hybridized carbons (Fsp3) is 0.214. The number of aromatic amines is 1. The highest BCUT2D eigenvalue weighted by Crippen LogP contribution is 2.28. The molecule has 10 nitrogen and oxygen atoms in total. The van der Waals surface area contributed by atoms with E-state index in [2.05, 4.69) is 15.4 Å². The molecule has 1 saturated heterocycles. The van der Waals surface area contributed by atoms with Crippen molar-refractivity contribution >= 4 is 23.5 Å². The molecule has 2 aromatic rings. The van der Waals surface area contributed by atoms with E-state index in [1.165, 1.54) is 24.3 Å². The van der Waals surface area contributed by atoms with Crippen LogP contribution in [0.5, 0.6) is 0 Å². The van der Waals surface area contributed by atoms with Crippen LogP contribution in [0.25, 0.3) is 11.4 Å². The van der Waals surface area contributed by atoms with Crippen molar-refractivity contribution < 1.29 is 32.7 Å². The summed E-state index contributed by atoms with van der Waals surface area (Å²) < 4.78 is 37.6. The first kappa shape index (κ1) is 18.3. The van der Waals surface area contributed by atoms with Crippen molar-refractivity contribution in [2.24, 2.45) is 5.92 Å². The van der Waals surface area contributed by atoms with Gasteiger partial charge in [-0.25, -0.2) is 9.78 Å². The van der Waals surface area contributed by atoms with Gasteiger partial charge in [-0.3, -0.25) is 20.0 Å². The molecule has 0 bridgehead atoms. The van der Waals surface area contributed by atoms with Gasteiger partial charge in [-0.05, 0) is 24.3 Å². The number of carbonyl (C=O) groups excluding carboxylic acids is 3. The molecule has 0 radical (unpaired) electrons. The monoisotopic (exact) mass is 384 g/mol. The summed E-state index contributed by atoms with van der Waals surface area (Å²) in [5.41, 5.74) is 0.453. The molecular weight excluding hydrogens is 373 g/mol. The number of nitrogens with one attached hydrogen (secondary N) is 4. The third kappa shape index (κ3) is 3.87. The van der Waals surface area contributed by atoms with E-state index in [0.717, 1.165) is 0 Å². The quantitative estimate of drug-likeness (QED) is 0.478. The number of rotatable bonds is 3. The molecule has 1 aliphatic rings. The van der Waals surface area contributed by atoms with Crippen LogP contribution in [0.3, 0.4) is 0 Å². The first-order valence-corrected chi connectivity index (χ1v) is 7.35. The lowest BCUT2D eigenvalue weighted by molar-refractivity contribution is -0.144. The van der Waals surface area contributed by atoms with Crippen molar-refractivity contribution in [3.63, 3.8) is 0 Å². The number of amides is 4. The lowest BCUT2D eigenvalue weighted by Gasteiger charge is -2.26. The molecule has 1 fully saturated rings. The number of carbonyl (C=O) groups is 3. The molecule has 5 N–H and O–H groups in total. The van der Waals surface area contributed by atoms with E-state index in [-0.39, 0.29) is 17.1 Å². The van der Waals surface area contributed by atoms with Gasteiger partial charge in [0.1, 0.15) is 6.23 Å². The second-order valence-corrected chi connectivity index (χ2v) is 5.46. The van der Waals surface area contributed by atoms with Gasteiger partial charge in [-0.15, -0.1) is 0 Å². The van der Waals surface area contributed by atoms with Crippen LogP contribution < -0.4 is 16.0 Å². The van der Waals surface area contributed by atoms with Gasteiger partial charge in [0.05, 0.1) is 0 Å². The molecule has 1 aromatic carbocycles.